The lowest BCUT2D eigenvalue weighted by Crippen LogP contribution is -2.00. The molecule has 4 aromatic heterocycles. The maximum Gasteiger partial charge on any atom is 0.165 e. The van der Waals surface area contributed by atoms with Gasteiger partial charge in [-0.05, 0) is 58.7 Å². The van der Waals surface area contributed by atoms with Crippen LogP contribution in [0.15, 0.2) is 194 Å². The SMILES string of the molecule is c1ccc(-c2cc(-c3ccccc3)nc(-c3cc(-c4ccccc4)cc(-c4ccc(-c5nc(-c6ccccc6)nc(-c6ccccc6)n5)cn4)n3)c2)cc1. The van der Waals surface area contributed by atoms with E-state index in [1.807, 2.05) is 121 Å². The van der Waals surface area contributed by atoms with E-state index in [2.05, 4.69) is 72.8 Å². The second kappa shape index (κ2) is 14.7. The van der Waals surface area contributed by atoms with Crippen molar-refractivity contribution >= 4 is 0 Å². The van der Waals surface area contributed by atoms with E-state index >= 15 is 0 Å². The van der Waals surface area contributed by atoms with Gasteiger partial charge in [0, 0.05) is 28.5 Å². The summed E-state index contributed by atoms with van der Waals surface area (Å²) < 4.78 is 0. The molecule has 0 atom stereocenters. The first-order chi connectivity index (χ1) is 26.7. The highest BCUT2D eigenvalue weighted by Gasteiger charge is 2.16. The quantitative estimate of drug-likeness (QED) is 0.158. The molecular weight excluding hydrogens is 661 g/mol. The molecule has 0 aliphatic heterocycles. The molecule has 0 unspecified atom stereocenters. The normalized spacial score (nSPS) is 11.0. The van der Waals surface area contributed by atoms with Crippen LogP contribution in [-0.2, 0) is 0 Å². The van der Waals surface area contributed by atoms with E-state index in [4.69, 9.17) is 29.9 Å². The van der Waals surface area contributed by atoms with Crippen LogP contribution in [0.3, 0.4) is 0 Å². The third-order valence-electron chi connectivity index (χ3n) is 9.18. The summed E-state index contributed by atoms with van der Waals surface area (Å²) in [5, 5.41) is 0. The van der Waals surface area contributed by atoms with Crippen LogP contribution in [0.4, 0.5) is 0 Å². The number of hydrogen-bond acceptors (Lipinski definition) is 6. The maximum absolute atomic E-state index is 5.21. The Morgan fingerprint density at radius 3 is 1.00 bits per heavy atom. The van der Waals surface area contributed by atoms with Gasteiger partial charge in [0.15, 0.2) is 17.5 Å². The Labute approximate surface area is 313 Å². The first-order valence-corrected chi connectivity index (χ1v) is 17.8. The van der Waals surface area contributed by atoms with E-state index in [-0.39, 0.29) is 0 Å². The molecule has 5 aromatic carbocycles. The highest BCUT2D eigenvalue weighted by Crippen LogP contribution is 2.34. The summed E-state index contributed by atoms with van der Waals surface area (Å²) in [6.07, 6.45) is 1.81. The monoisotopic (exact) mass is 692 g/mol. The number of aromatic nitrogens is 6. The molecule has 254 valence electrons. The van der Waals surface area contributed by atoms with Gasteiger partial charge in [-0.3, -0.25) is 4.98 Å². The second-order valence-corrected chi connectivity index (χ2v) is 12.8. The standard InChI is InChI=1S/C48H32N6/c1-6-16-33(17-7-1)39-28-42(35-20-10-3-11-21-35)50-44(30-39)45-31-40(34-18-8-2-9-19-34)29-43(51-45)41-27-26-38(32-49-41)48-53-46(36-22-12-4-13-23-36)52-47(54-48)37-24-14-5-15-25-37/h1-32H. The van der Waals surface area contributed by atoms with Gasteiger partial charge in [-0.25, -0.2) is 24.9 Å². The van der Waals surface area contributed by atoms with Crippen LogP contribution in [0, 0.1) is 0 Å². The minimum Gasteiger partial charge on any atom is -0.254 e. The Morgan fingerprint density at radius 2 is 0.574 bits per heavy atom. The van der Waals surface area contributed by atoms with Crippen LogP contribution >= 0.6 is 0 Å². The zero-order valence-corrected chi connectivity index (χ0v) is 29.2. The summed E-state index contributed by atoms with van der Waals surface area (Å²) in [5.41, 5.74) is 11.8. The van der Waals surface area contributed by atoms with E-state index in [9.17, 15) is 0 Å². The lowest BCUT2D eigenvalue weighted by atomic mass is 9.99. The van der Waals surface area contributed by atoms with Crippen molar-refractivity contribution in [1.82, 2.24) is 29.9 Å². The Morgan fingerprint density at radius 1 is 0.222 bits per heavy atom. The predicted octanol–water partition coefficient (Wildman–Crippen LogP) is 11.4. The Bertz CT molecular complexity index is 2550. The molecule has 0 saturated heterocycles. The summed E-state index contributed by atoms with van der Waals surface area (Å²) in [4.78, 5) is 30.0. The summed E-state index contributed by atoms with van der Waals surface area (Å²) in [6, 6.07) is 63.4. The Hall–Kier alpha value is -7.44. The number of rotatable bonds is 8. The van der Waals surface area contributed by atoms with Crippen molar-refractivity contribution in [3.8, 4) is 90.5 Å². The number of benzene rings is 5. The molecule has 4 heterocycles. The Kier molecular flexibility index (Phi) is 8.81. The summed E-state index contributed by atoms with van der Waals surface area (Å²) >= 11 is 0. The predicted molar refractivity (Wildman–Crippen MR) is 217 cm³/mol. The lowest BCUT2D eigenvalue weighted by molar-refractivity contribution is 1.07. The van der Waals surface area contributed by atoms with Crippen LogP contribution in [-0.4, -0.2) is 29.9 Å². The Balaban J connectivity index is 1.16. The second-order valence-electron chi connectivity index (χ2n) is 12.8. The molecular formula is C48H32N6. The molecule has 0 aliphatic rings. The average Bonchev–Trinajstić information content (AvgIpc) is 3.27. The van der Waals surface area contributed by atoms with E-state index < -0.39 is 0 Å². The highest BCUT2D eigenvalue weighted by atomic mass is 15.0. The van der Waals surface area contributed by atoms with Crippen LogP contribution in [0.1, 0.15) is 0 Å². The minimum atomic E-state index is 0.545. The molecule has 54 heavy (non-hydrogen) atoms. The first-order valence-electron chi connectivity index (χ1n) is 17.8. The van der Waals surface area contributed by atoms with Gasteiger partial charge in [-0.2, -0.15) is 0 Å². The minimum absolute atomic E-state index is 0.545. The van der Waals surface area contributed by atoms with E-state index in [0.717, 1.165) is 73.0 Å². The van der Waals surface area contributed by atoms with Crippen molar-refractivity contribution in [2.75, 3.05) is 0 Å². The van der Waals surface area contributed by atoms with Gasteiger partial charge in [0.05, 0.1) is 28.5 Å². The van der Waals surface area contributed by atoms with Crippen molar-refractivity contribution in [1.29, 1.82) is 0 Å². The molecule has 6 heteroatoms. The van der Waals surface area contributed by atoms with Crippen molar-refractivity contribution < 1.29 is 0 Å². The lowest BCUT2D eigenvalue weighted by Gasteiger charge is -2.13. The average molecular weight is 693 g/mol. The summed E-state index contributed by atoms with van der Waals surface area (Å²) in [7, 11) is 0. The molecule has 0 aliphatic carbocycles. The number of hydrogen-bond donors (Lipinski definition) is 0. The van der Waals surface area contributed by atoms with E-state index in [1.165, 1.54) is 0 Å². The largest absolute Gasteiger partial charge is 0.254 e. The molecule has 9 rings (SSSR count). The molecule has 9 aromatic rings. The smallest absolute Gasteiger partial charge is 0.165 e. The molecule has 0 saturated carbocycles. The van der Waals surface area contributed by atoms with Gasteiger partial charge in [0.2, 0.25) is 0 Å². The maximum atomic E-state index is 5.21. The third-order valence-corrected chi connectivity index (χ3v) is 9.18. The fourth-order valence-electron chi connectivity index (χ4n) is 6.42. The molecule has 0 spiro atoms. The van der Waals surface area contributed by atoms with Crippen molar-refractivity contribution in [3.63, 3.8) is 0 Å². The molecule has 0 fully saturated rings. The topological polar surface area (TPSA) is 77.3 Å². The highest BCUT2D eigenvalue weighted by molar-refractivity contribution is 5.80. The summed E-state index contributed by atoms with van der Waals surface area (Å²) in [5.74, 6) is 1.75. The zero-order valence-electron chi connectivity index (χ0n) is 29.2. The van der Waals surface area contributed by atoms with Gasteiger partial charge in [0.25, 0.3) is 0 Å². The summed E-state index contributed by atoms with van der Waals surface area (Å²) in [6.45, 7) is 0. The molecule has 0 N–H and O–H groups in total. The molecule has 0 amide bonds. The fourth-order valence-corrected chi connectivity index (χ4v) is 6.42. The van der Waals surface area contributed by atoms with Crippen LogP contribution in [0.5, 0.6) is 0 Å². The number of nitrogens with zero attached hydrogens (tertiary/aromatic N) is 6. The van der Waals surface area contributed by atoms with Crippen molar-refractivity contribution in [2.45, 2.75) is 0 Å². The van der Waals surface area contributed by atoms with Gasteiger partial charge in [0.1, 0.15) is 0 Å². The van der Waals surface area contributed by atoms with Crippen LogP contribution < -0.4 is 0 Å². The van der Waals surface area contributed by atoms with Gasteiger partial charge < -0.3 is 0 Å². The van der Waals surface area contributed by atoms with E-state index in [1.54, 1.807) is 0 Å². The van der Waals surface area contributed by atoms with E-state index in [0.29, 0.717) is 17.5 Å². The van der Waals surface area contributed by atoms with Gasteiger partial charge in [-0.1, -0.05) is 152 Å². The fraction of sp³-hybridized carbons (Fsp3) is 0. The molecule has 0 bridgehead atoms. The van der Waals surface area contributed by atoms with Gasteiger partial charge in [-0.15, -0.1) is 0 Å². The first kappa shape index (κ1) is 32.5. The van der Waals surface area contributed by atoms with Crippen molar-refractivity contribution in [3.05, 3.63) is 194 Å². The zero-order chi connectivity index (χ0) is 36.1. The van der Waals surface area contributed by atoms with Gasteiger partial charge >= 0.3 is 0 Å². The molecule has 0 radical (unpaired) electrons. The number of pyridine rings is 3. The van der Waals surface area contributed by atoms with Crippen molar-refractivity contribution in [2.24, 2.45) is 0 Å². The molecule has 6 nitrogen and oxygen atoms in total. The third kappa shape index (κ3) is 6.92. The van der Waals surface area contributed by atoms with Crippen LogP contribution in [0.25, 0.3) is 90.5 Å². The van der Waals surface area contributed by atoms with Crippen LogP contribution in [0.2, 0.25) is 0 Å².